The molecule has 1 aromatic heterocycles. The lowest BCUT2D eigenvalue weighted by atomic mass is 9.89. The third-order valence-corrected chi connectivity index (χ3v) is 5.56. The summed E-state index contributed by atoms with van der Waals surface area (Å²) >= 11 is 0. The Labute approximate surface area is 137 Å². The van der Waals surface area contributed by atoms with Crippen molar-refractivity contribution in [2.75, 3.05) is 26.2 Å². The Bertz CT molecular complexity index is 611. The van der Waals surface area contributed by atoms with Crippen molar-refractivity contribution < 1.29 is 4.79 Å². The largest absolute Gasteiger partial charge is 0.339 e. The molecule has 0 bridgehead atoms. The first-order valence-corrected chi connectivity index (χ1v) is 8.76. The molecule has 0 N–H and O–H groups in total. The van der Waals surface area contributed by atoms with Crippen LogP contribution < -0.4 is 5.56 Å². The van der Waals surface area contributed by atoms with Crippen LogP contribution in [0.3, 0.4) is 0 Å². The number of aromatic nitrogens is 1. The van der Waals surface area contributed by atoms with Crippen molar-refractivity contribution in [1.82, 2.24) is 14.4 Å². The minimum Gasteiger partial charge on any atom is -0.339 e. The van der Waals surface area contributed by atoms with Gasteiger partial charge in [-0.15, -0.1) is 0 Å². The third-order valence-electron chi connectivity index (χ3n) is 5.56. The first-order chi connectivity index (χ1) is 11.1. The van der Waals surface area contributed by atoms with Crippen LogP contribution in [0.1, 0.15) is 43.0 Å². The van der Waals surface area contributed by atoms with E-state index in [9.17, 15) is 9.59 Å². The zero-order chi connectivity index (χ0) is 16.4. The van der Waals surface area contributed by atoms with Crippen LogP contribution in [0.25, 0.3) is 0 Å². The molecule has 5 heteroatoms. The number of amides is 1. The highest BCUT2D eigenvalue weighted by Gasteiger charge is 2.30. The van der Waals surface area contributed by atoms with E-state index in [0.717, 1.165) is 25.9 Å². The Morgan fingerprint density at radius 2 is 1.78 bits per heavy atom. The molecule has 1 atom stereocenters. The molecule has 5 nitrogen and oxygen atoms in total. The van der Waals surface area contributed by atoms with Crippen molar-refractivity contribution in [1.29, 1.82) is 0 Å². The molecule has 0 radical (unpaired) electrons. The van der Waals surface area contributed by atoms with E-state index in [1.165, 1.54) is 36.6 Å². The average molecular weight is 317 g/mol. The summed E-state index contributed by atoms with van der Waals surface area (Å²) in [5, 5.41) is 0. The van der Waals surface area contributed by atoms with E-state index in [2.05, 4.69) is 11.8 Å². The summed E-state index contributed by atoms with van der Waals surface area (Å²) in [4.78, 5) is 28.6. The lowest BCUT2D eigenvalue weighted by molar-refractivity contribution is 0.0623. The molecule has 1 aromatic rings. The number of carbonyl (C=O) groups is 1. The molecule has 2 aliphatic rings. The molecular weight excluding hydrogens is 290 g/mol. The molecule has 1 unspecified atom stereocenters. The highest BCUT2D eigenvalue weighted by atomic mass is 16.2. The van der Waals surface area contributed by atoms with Gasteiger partial charge >= 0.3 is 0 Å². The molecule has 2 saturated heterocycles. The summed E-state index contributed by atoms with van der Waals surface area (Å²) in [6.07, 6.45) is 6.46. The molecule has 0 saturated carbocycles. The minimum atomic E-state index is -0.0836. The highest BCUT2D eigenvalue weighted by molar-refractivity contribution is 5.93. The van der Waals surface area contributed by atoms with Crippen molar-refractivity contribution in [3.63, 3.8) is 0 Å². The van der Waals surface area contributed by atoms with Crippen LogP contribution in [0.2, 0.25) is 0 Å². The number of hydrogen-bond acceptors (Lipinski definition) is 3. The zero-order valence-electron chi connectivity index (χ0n) is 14.2. The van der Waals surface area contributed by atoms with Crippen molar-refractivity contribution in [3.8, 4) is 0 Å². The van der Waals surface area contributed by atoms with Gasteiger partial charge in [-0.05, 0) is 57.7 Å². The second kappa shape index (κ2) is 6.87. The Hall–Kier alpha value is -1.62. The third kappa shape index (κ3) is 3.50. The number of pyridine rings is 1. The molecule has 3 heterocycles. The molecule has 2 aliphatic heterocycles. The van der Waals surface area contributed by atoms with E-state index in [1.807, 2.05) is 4.90 Å². The molecule has 0 aromatic carbocycles. The number of hydrogen-bond donors (Lipinski definition) is 0. The minimum absolute atomic E-state index is 0.0490. The van der Waals surface area contributed by atoms with Crippen molar-refractivity contribution >= 4 is 5.91 Å². The molecule has 126 valence electrons. The quantitative estimate of drug-likeness (QED) is 0.853. The number of aryl methyl sites for hydroxylation is 1. The summed E-state index contributed by atoms with van der Waals surface area (Å²) in [6, 6.07) is 3.74. The van der Waals surface area contributed by atoms with Crippen LogP contribution in [-0.4, -0.2) is 52.5 Å². The van der Waals surface area contributed by atoms with Crippen molar-refractivity contribution in [2.45, 2.75) is 38.6 Å². The van der Waals surface area contributed by atoms with Crippen LogP contribution in [0.5, 0.6) is 0 Å². The molecule has 23 heavy (non-hydrogen) atoms. The fourth-order valence-corrected chi connectivity index (χ4v) is 3.93. The van der Waals surface area contributed by atoms with Gasteiger partial charge in [0, 0.05) is 38.4 Å². The van der Waals surface area contributed by atoms with Crippen molar-refractivity contribution in [2.24, 2.45) is 13.0 Å². The van der Waals surface area contributed by atoms with E-state index in [1.54, 1.807) is 19.3 Å². The highest BCUT2D eigenvalue weighted by Crippen LogP contribution is 2.27. The summed E-state index contributed by atoms with van der Waals surface area (Å²) in [7, 11) is 1.68. The molecule has 0 spiro atoms. The van der Waals surface area contributed by atoms with E-state index in [-0.39, 0.29) is 11.5 Å². The van der Waals surface area contributed by atoms with Gasteiger partial charge in [0.2, 0.25) is 5.56 Å². The lowest BCUT2D eigenvalue weighted by Crippen LogP contribution is -2.45. The topological polar surface area (TPSA) is 45.6 Å². The molecule has 1 amide bonds. The molecule has 0 aliphatic carbocycles. The van der Waals surface area contributed by atoms with Crippen LogP contribution in [-0.2, 0) is 7.05 Å². The summed E-state index contributed by atoms with van der Waals surface area (Å²) in [5.74, 6) is 0.741. The summed E-state index contributed by atoms with van der Waals surface area (Å²) in [6.45, 7) is 6.46. The van der Waals surface area contributed by atoms with Gasteiger partial charge in [0.05, 0.1) is 5.56 Å². The lowest BCUT2D eigenvalue weighted by Gasteiger charge is -2.38. The first-order valence-electron chi connectivity index (χ1n) is 8.76. The fourth-order valence-electron chi connectivity index (χ4n) is 3.93. The van der Waals surface area contributed by atoms with Crippen LogP contribution >= 0.6 is 0 Å². The van der Waals surface area contributed by atoms with Crippen molar-refractivity contribution in [3.05, 3.63) is 34.2 Å². The fraction of sp³-hybridized carbons (Fsp3) is 0.667. The standard InChI is InChI=1S/C18H27N3O2/c1-14(20-9-3-4-10-20)15-7-11-21(12-8-15)18(23)16-5-6-17(22)19(2)13-16/h5-6,13-15H,3-4,7-12H2,1-2H3. The Balaban J connectivity index is 1.58. The average Bonchev–Trinajstić information content (AvgIpc) is 3.11. The van der Waals surface area contributed by atoms with Gasteiger partial charge in [0.15, 0.2) is 0 Å². The molecule has 2 fully saturated rings. The number of nitrogens with zero attached hydrogens (tertiary/aromatic N) is 3. The summed E-state index contributed by atoms with van der Waals surface area (Å²) < 4.78 is 1.47. The van der Waals surface area contributed by atoms with Gasteiger partial charge in [-0.25, -0.2) is 0 Å². The summed E-state index contributed by atoms with van der Waals surface area (Å²) in [5.41, 5.74) is 0.526. The smallest absolute Gasteiger partial charge is 0.255 e. The normalized spacial score (nSPS) is 21.6. The van der Waals surface area contributed by atoms with Crippen LogP contribution in [0, 0.1) is 5.92 Å². The molecular formula is C18H27N3O2. The van der Waals surface area contributed by atoms with Gasteiger partial charge in [-0.3, -0.25) is 9.59 Å². The second-order valence-corrected chi connectivity index (χ2v) is 6.98. The van der Waals surface area contributed by atoms with Crippen LogP contribution in [0.15, 0.2) is 23.1 Å². The van der Waals surface area contributed by atoms with Gasteiger partial charge in [0.25, 0.3) is 5.91 Å². The van der Waals surface area contributed by atoms with Gasteiger partial charge in [0.1, 0.15) is 0 Å². The van der Waals surface area contributed by atoms with E-state index < -0.39 is 0 Å². The maximum Gasteiger partial charge on any atom is 0.255 e. The Morgan fingerprint density at radius 3 is 2.39 bits per heavy atom. The van der Waals surface area contributed by atoms with Gasteiger partial charge in [-0.1, -0.05) is 0 Å². The maximum absolute atomic E-state index is 12.6. The first kappa shape index (κ1) is 16.2. The zero-order valence-corrected chi connectivity index (χ0v) is 14.2. The SMILES string of the molecule is CC(C1CCN(C(=O)c2ccc(=O)n(C)c2)CC1)N1CCCC1. The van der Waals surface area contributed by atoms with E-state index >= 15 is 0 Å². The van der Waals surface area contributed by atoms with E-state index in [4.69, 9.17) is 0 Å². The monoisotopic (exact) mass is 317 g/mol. The van der Waals surface area contributed by atoms with Crippen LogP contribution in [0.4, 0.5) is 0 Å². The predicted octanol–water partition coefficient (Wildman–Crippen LogP) is 1.72. The van der Waals surface area contributed by atoms with Gasteiger partial charge in [-0.2, -0.15) is 0 Å². The Morgan fingerprint density at radius 1 is 1.13 bits per heavy atom. The van der Waals surface area contributed by atoms with E-state index in [0.29, 0.717) is 17.5 Å². The number of rotatable bonds is 3. The Kier molecular flexibility index (Phi) is 4.85. The number of carbonyl (C=O) groups excluding carboxylic acids is 1. The second-order valence-electron chi connectivity index (χ2n) is 6.98. The predicted molar refractivity (Wildman–Crippen MR) is 90.6 cm³/mol. The number of likely N-dealkylation sites (tertiary alicyclic amines) is 2. The maximum atomic E-state index is 12.6. The van der Waals surface area contributed by atoms with Gasteiger partial charge < -0.3 is 14.4 Å². The molecule has 3 rings (SSSR count). The number of piperidine rings is 1.